The summed E-state index contributed by atoms with van der Waals surface area (Å²) in [5.74, 6) is 0.158. The highest BCUT2D eigenvalue weighted by atomic mass is 32.1. The zero-order chi connectivity index (χ0) is 25.9. The molecule has 36 heavy (non-hydrogen) atoms. The second-order valence-corrected chi connectivity index (χ2v) is 10.1. The Morgan fingerprint density at radius 2 is 1.83 bits per heavy atom. The number of benzene rings is 1. The third-order valence-electron chi connectivity index (χ3n) is 5.26. The number of thiazole rings is 1. The van der Waals surface area contributed by atoms with E-state index < -0.39 is 23.7 Å². The van der Waals surface area contributed by atoms with Gasteiger partial charge in [0.25, 0.3) is 5.91 Å². The second kappa shape index (κ2) is 10.3. The van der Waals surface area contributed by atoms with Gasteiger partial charge < -0.3 is 29.4 Å². The molecule has 12 heteroatoms. The van der Waals surface area contributed by atoms with Crippen molar-refractivity contribution in [3.05, 3.63) is 47.8 Å². The normalized spacial score (nSPS) is 13.9. The molecule has 3 N–H and O–H groups in total. The number of ether oxygens (including phenoxy) is 1. The first kappa shape index (κ1) is 25.0. The van der Waals surface area contributed by atoms with Gasteiger partial charge in [0.1, 0.15) is 16.4 Å². The zero-order valence-corrected chi connectivity index (χ0v) is 20.9. The van der Waals surface area contributed by atoms with Crippen LogP contribution in [-0.2, 0) is 4.74 Å². The molecule has 0 atom stereocenters. The van der Waals surface area contributed by atoms with Gasteiger partial charge in [-0.05, 0) is 51.1 Å². The van der Waals surface area contributed by atoms with Crippen LogP contribution < -0.4 is 15.5 Å². The largest absolute Gasteiger partial charge is 0.465 e. The molecule has 3 heterocycles. The molecule has 0 radical (unpaired) electrons. The lowest BCUT2D eigenvalue weighted by atomic mass is 10.1. The number of hydrogen-bond acceptors (Lipinski definition) is 8. The Balaban J connectivity index is 1.51. The number of amides is 3. The van der Waals surface area contributed by atoms with Gasteiger partial charge in [-0.15, -0.1) is 0 Å². The second-order valence-electron chi connectivity index (χ2n) is 9.08. The van der Waals surface area contributed by atoms with Crippen LogP contribution in [0.1, 0.15) is 30.6 Å². The molecule has 1 aromatic carbocycles. The topological polar surface area (TPSA) is 137 Å². The Labute approximate surface area is 211 Å². The number of furan rings is 1. The van der Waals surface area contributed by atoms with Gasteiger partial charge in [0, 0.05) is 31.7 Å². The summed E-state index contributed by atoms with van der Waals surface area (Å²) in [5, 5.41) is 15.7. The van der Waals surface area contributed by atoms with Crippen molar-refractivity contribution in [1.29, 1.82) is 0 Å². The van der Waals surface area contributed by atoms with E-state index in [9.17, 15) is 14.4 Å². The lowest BCUT2D eigenvalue weighted by Gasteiger charge is -2.33. The molecule has 3 aromatic rings. The average Bonchev–Trinajstić information content (AvgIpc) is 3.52. The van der Waals surface area contributed by atoms with Gasteiger partial charge in [-0.3, -0.25) is 10.1 Å². The highest BCUT2D eigenvalue weighted by molar-refractivity contribution is 7.17. The molecule has 190 valence electrons. The molecule has 1 fully saturated rings. The number of hydrogen-bond donors (Lipinski definition) is 3. The van der Waals surface area contributed by atoms with Crippen molar-refractivity contribution in [3.63, 3.8) is 0 Å². The zero-order valence-electron chi connectivity index (χ0n) is 20.1. The Bertz CT molecular complexity index is 1240. The molecule has 11 nitrogen and oxygen atoms in total. The number of nitrogens with zero attached hydrogens (tertiary/aromatic N) is 3. The van der Waals surface area contributed by atoms with Crippen LogP contribution in [0, 0.1) is 0 Å². The smallest absolute Gasteiger partial charge is 0.412 e. The third kappa shape index (κ3) is 6.13. The van der Waals surface area contributed by atoms with E-state index in [4.69, 9.17) is 14.3 Å². The monoisotopic (exact) mass is 513 g/mol. The molecule has 1 aliphatic rings. The number of nitrogens with one attached hydrogen (secondary N) is 2. The summed E-state index contributed by atoms with van der Waals surface area (Å²) in [4.78, 5) is 44.2. The SMILES string of the molecule is CC(C)(C)OC(=O)Nc1ccc(-c2ccco2)cc1NC(=O)c1ncc(N2CCN(C(=O)O)CC2)s1. The third-order valence-corrected chi connectivity index (χ3v) is 6.32. The van der Waals surface area contributed by atoms with Gasteiger partial charge in [-0.2, -0.15) is 0 Å². The molecule has 0 bridgehead atoms. The molecule has 4 rings (SSSR count). The average molecular weight is 514 g/mol. The van der Waals surface area contributed by atoms with E-state index >= 15 is 0 Å². The van der Waals surface area contributed by atoms with Gasteiger partial charge >= 0.3 is 12.2 Å². The maximum Gasteiger partial charge on any atom is 0.412 e. The minimum atomic E-state index is -0.938. The first-order chi connectivity index (χ1) is 17.1. The van der Waals surface area contributed by atoms with Gasteiger partial charge in [0.05, 0.1) is 23.8 Å². The number of carbonyl (C=O) groups is 3. The summed E-state index contributed by atoms with van der Waals surface area (Å²) in [7, 11) is 0. The maximum atomic E-state index is 13.1. The molecule has 0 aliphatic carbocycles. The summed E-state index contributed by atoms with van der Waals surface area (Å²) in [6.45, 7) is 7.09. The van der Waals surface area contributed by atoms with Crippen molar-refractivity contribution in [1.82, 2.24) is 9.88 Å². The van der Waals surface area contributed by atoms with Crippen LogP contribution >= 0.6 is 11.3 Å². The number of carbonyl (C=O) groups excluding carboxylic acids is 2. The Kier molecular flexibility index (Phi) is 7.15. The summed E-state index contributed by atoms with van der Waals surface area (Å²) >= 11 is 1.21. The Hall–Kier alpha value is -4.06. The predicted molar refractivity (Wildman–Crippen MR) is 136 cm³/mol. The van der Waals surface area contributed by atoms with E-state index in [1.54, 1.807) is 63.6 Å². The first-order valence-corrected chi connectivity index (χ1v) is 12.1. The molecule has 1 aliphatic heterocycles. The molecule has 1 saturated heterocycles. The van der Waals surface area contributed by atoms with Crippen molar-refractivity contribution in [3.8, 4) is 11.3 Å². The summed E-state index contributed by atoms with van der Waals surface area (Å²) < 4.78 is 10.8. The quantitative estimate of drug-likeness (QED) is 0.442. The summed E-state index contributed by atoms with van der Waals surface area (Å²) in [5.41, 5.74) is 0.733. The number of piperazine rings is 1. The van der Waals surface area contributed by atoms with Crippen molar-refractivity contribution in [2.45, 2.75) is 26.4 Å². The minimum absolute atomic E-state index is 0.234. The standard InChI is InChI=1S/C24H27N5O6S/c1-24(2,3)35-22(31)27-16-7-6-15(18-5-4-12-34-18)13-17(16)26-20(30)21-25-14-19(36-21)28-8-10-29(11-9-28)23(32)33/h4-7,12-14H,8-11H2,1-3H3,(H,26,30)(H,27,31)(H,32,33). The fraction of sp³-hybridized carbons (Fsp3) is 0.333. The molecule has 0 unspecified atom stereocenters. The van der Waals surface area contributed by atoms with Crippen LogP contribution in [0.25, 0.3) is 11.3 Å². The molecule has 0 spiro atoms. The Morgan fingerprint density at radius 1 is 1.08 bits per heavy atom. The number of anilines is 3. The van der Waals surface area contributed by atoms with Crippen LogP contribution in [0.4, 0.5) is 26.0 Å². The van der Waals surface area contributed by atoms with E-state index in [1.165, 1.54) is 16.2 Å². The molecule has 0 saturated carbocycles. The van der Waals surface area contributed by atoms with Gasteiger partial charge in [-0.1, -0.05) is 11.3 Å². The van der Waals surface area contributed by atoms with E-state index in [1.807, 2.05) is 4.90 Å². The maximum absolute atomic E-state index is 13.1. The lowest BCUT2D eigenvalue weighted by molar-refractivity contribution is 0.0635. The van der Waals surface area contributed by atoms with Gasteiger partial charge in [-0.25, -0.2) is 14.6 Å². The number of aromatic nitrogens is 1. The van der Waals surface area contributed by atoms with Crippen LogP contribution in [0.5, 0.6) is 0 Å². The van der Waals surface area contributed by atoms with E-state index in [-0.39, 0.29) is 5.01 Å². The van der Waals surface area contributed by atoms with Crippen molar-refractivity contribution in [2.75, 3.05) is 41.7 Å². The van der Waals surface area contributed by atoms with Crippen molar-refractivity contribution < 1.29 is 28.6 Å². The fourth-order valence-electron chi connectivity index (χ4n) is 3.58. The highest BCUT2D eigenvalue weighted by Crippen LogP contribution is 2.31. The number of carboxylic acid groups (broad SMARTS) is 1. The molecule has 3 amide bonds. The molecular formula is C24H27N5O6S. The number of rotatable bonds is 5. The fourth-order valence-corrected chi connectivity index (χ4v) is 4.44. The molecular weight excluding hydrogens is 486 g/mol. The van der Waals surface area contributed by atoms with E-state index in [2.05, 4.69) is 15.6 Å². The first-order valence-electron chi connectivity index (χ1n) is 11.3. The lowest BCUT2D eigenvalue weighted by Crippen LogP contribution is -2.48. The van der Waals surface area contributed by atoms with Crippen LogP contribution in [0.15, 0.2) is 47.2 Å². The van der Waals surface area contributed by atoms with E-state index in [0.717, 1.165) is 5.00 Å². The summed E-state index contributed by atoms with van der Waals surface area (Å²) in [6.07, 6.45) is 1.57. The van der Waals surface area contributed by atoms with Crippen molar-refractivity contribution >= 4 is 45.8 Å². The molecule has 2 aromatic heterocycles. The van der Waals surface area contributed by atoms with Crippen LogP contribution in [-0.4, -0.2) is 64.9 Å². The Morgan fingerprint density at radius 3 is 2.47 bits per heavy atom. The minimum Gasteiger partial charge on any atom is -0.465 e. The summed E-state index contributed by atoms with van der Waals surface area (Å²) in [6, 6.07) is 8.67. The van der Waals surface area contributed by atoms with E-state index in [0.29, 0.717) is 48.9 Å². The van der Waals surface area contributed by atoms with Crippen LogP contribution in [0.2, 0.25) is 0 Å². The van der Waals surface area contributed by atoms with Crippen molar-refractivity contribution in [2.24, 2.45) is 0 Å². The predicted octanol–water partition coefficient (Wildman–Crippen LogP) is 4.80. The van der Waals surface area contributed by atoms with Gasteiger partial charge in [0.15, 0.2) is 5.01 Å². The highest BCUT2D eigenvalue weighted by Gasteiger charge is 2.24. The van der Waals surface area contributed by atoms with Gasteiger partial charge in [0.2, 0.25) is 0 Å². The van der Waals surface area contributed by atoms with Crippen LogP contribution in [0.3, 0.4) is 0 Å².